The van der Waals surface area contributed by atoms with Crippen LogP contribution in [-0.2, 0) is 0 Å². The molecule has 2 rings (SSSR count). The molecule has 1 heterocycles. The van der Waals surface area contributed by atoms with E-state index in [0.717, 1.165) is 24.5 Å². The zero-order valence-electron chi connectivity index (χ0n) is 7.31. The van der Waals surface area contributed by atoms with Gasteiger partial charge in [-0.1, -0.05) is 0 Å². The van der Waals surface area contributed by atoms with Crippen LogP contribution >= 0.6 is 0 Å². The van der Waals surface area contributed by atoms with Crippen molar-refractivity contribution in [2.75, 3.05) is 11.9 Å². The molecule has 2 N–H and O–H groups in total. The average molecular weight is 179 g/mol. The van der Waals surface area contributed by atoms with E-state index in [2.05, 4.69) is 10.3 Å². The van der Waals surface area contributed by atoms with Gasteiger partial charge in [0.05, 0.1) is 13.0 Å². The fourth-order valence-electron chi connectivity index (χ4n) is 1.41. The molecular weight excluding hydrogens is 167 g/mol. The van der Waals surface area contributed by atoms with Crippen LogP contribution < -0.4 is 10.3 Å². The van der Waals surface area contributed by atoms with Gasteiger partial charge in [-0.2, -0.15) is 0 Å². The Labute approximate surface area is 76.5 Å². The zero-order chi connectivity index (χ0) is 9.10. The van der Waals surface area contributed by atoms with Gasteiger partial charge in [-0.05, 0) is 30.7 Å². The van der Waals surface area contributed by atoms with E-state index in [0.29, 0.717) is 0 Å². The largest absolute Gasteiger partial charge is 0.278 e. The van der Waals surface area contributed by atoms with Crippen molar-refractivity contribution in [3.63, 3.8) is 0 Å². The molecule has 0 amide bonds. The van der Waals surface area contributed by atoms with E-state index in [1.807, 2.05) is 0 Å². The van der Waals surface area contributed by atoms with E-state index in [1.54, 1.807) is 12.1 Å². The maximum atomic E-state index is 12.6. The second-order valence-electron chi connectivity index (χ2n) is 3.14. The average Bonchev–Trinajstić information content (AvgIpc) is 2.62. The molecule has 68 valence electrons. The molecule has 0 spiro atoms. The van der Waals surface area contributed by atoms with Gasteiger partial charge in [-0.15, -0.1) is 0 Å². The van der Waals surface area contributed by atoms with Crippen molar-refractivity contribution >= 4 is 11.5 Å². The third-order valence-electron chi connectivity index (χ3n) is 2.08. The summed E-state index contributed by atoms with van der Waals surface area (Å²) in [5.74, 6) is 0.932. The zero-order valence-corrected chi connectivity index (χ0v) is 7.31. The van der Waals surface area contributed by atoms with Gasteiger partial charge in [0.15, 0.2) is 0 Å². The van der Waals surface area contributed by atoms with Crippen molar-refractivity contribution in [3.05, 3.63) is 30.1 Å². The lowest BCUT2D eigenvalue weighted by Crippen LogP contribution is -2.70. The molecule has 0 atom stereocenters. The molecule has 0 fully saturated rings. The minimum absolute atomic E-state index is 0.199. The maximum Gasteiger partial charge on any atom is 0.247 e. The quantitative estimate of drug-likeness (QED) is 0.645. The first kappa shape index (κ1) is 8.23. The SMILES string of the molecule is Fc1ccc(NC2=[NH+]CCC2)cc1. The molecule has 1 aliphatic rings. The number of amidine groups is 1. The molecule has 0 aromatic heterocycles. The van der Waals surface area contributed by atoms with Crippen molar-refractivity contribution in [3.8, 4) is 0 Å². The molecule has 0 aliphatic carbocycles. The summed E-state index contributed by atoms with van der Waals surface area (Å²) in [6, 6.07) is 6.39. The van der Waals surface area contributed by atoms with E-state index in [9.17, 15) is 4.39 Å². The van der Waals surface area contributed by atoms with Crippen LogP contribution in [0.3, 0.4) is 0 Å². The second kappa shape index (κ2) is 3.56. The first-order valence-electron chi connectivity index (χ1n) is 4.47. The maximum absolute atomic E-state index is 12.6. The topological polar surface area (TPSA) is 26.0 Å². The Morgan fingerprint density at radius 1 is 1.23 bits per heavy atom. The van der Waals surface area contributed by atoms with E-state index in [-0.39, 0.29) is 5.82 Å². The minimum Gasteiger partial charge on any atom is -0.278 e. The Kier molecular flexibility index (Phi) is 2.25. The number of nitrogens with one attached hydrogen (secondary N) is 2. The van der Waals surface area contributed by atoms with Gasteiger partial charge in [0.2, 0.25) is 5.84 Å². The molecule has 1 aliphatic heterocycles. The van der Waals surface area contributed by atoms with Gasteiger partial charge < -0.3 is 0 Å². The van der Waals surface area contributed by atoms with Gasteiger partial charge in [-0.3, -0.25) is 4.99 Å². The lowest BCUT2D eigenvalue weighted by Gasteiger charge is -1.97. The summed E-state index contributed by atoms with van der Waals surface area (Å²) >= 11 is 0. The van der Waals surface area contributed by atoms with Crippen LogP contribution in [0.5, 0.6) is 0 Å². The van der Waals surface area contributed by atoms with Crippen LogP contribution in [0, 0.1) is 5.82 Å². The number of hydrogen-bond donors (Lipinski definition) is 2. The summed E-state index contributed by atoms with van der Waals surface area (Å²) in [6.07, 6.45) is 2.22. The van der Waals surface area contributed by atoms with Gasteiger partial charge in [0, 0.05) is 0 Å². The summed E-state index contributed by atoms with van der Waals surface area (Å²) in [7, 11) is 0. The molecule has 0 bridgehead atoms. The second-order valence-corrected chi connectivity index (χ2v) is 3.14. The summed E-state index contributed by atoms with van der Waals surface area (Å²) in [6.45, 7) is 1.03. The van der Waals surface area contributed by atoms with Crippen LogP contribution in [0.15, 0.2) is 24.3 Å². The first-order valence-corrected chi connectivity index (χ1v) is 4.47. The Balaban J connectivity index is 2.05. The molecule has 1 aromatic rings. The number of benzene rings is 1. The van der Waals surface area contributed by atoms with Crippen molar-refractivity contribution < 1.29 is 9.38 Å². The van der Waals surface area contributed by atoms with Crippen LogP contribution in [0.1, 0.15) is 12.8 Å². The third-order valence-corrected chi connectivity index (χ3v) is 2.08. The highest BCUT2D eigenvalue weighted by molar-refractivity contribution is 5.91. The predicted octanol–water partition coefficient (Wildman–Crippen LogP) is 0.510. The molecule has 13 heavy (non-hydrogen) atoms. The van der Waals surface area contributed by atoms with Crippen molar-refractivity contribution in [1.29, 1.82) is 0 Å². The number of hydrogen-bond acceptors (Lipinski definition) is 1. The Hall–Kier alpha value is -1.38. The summed E-state index contributed by atoms with van der Waals surface area (Å²) < 4.78 is 12.6. The third kappa shape index (κ3) is 2.05. The van der Waals surface area contributed by atoms with Crippen LogP contribution in [0.25, 0.3) is 0 Å². The van der Waals surface area contributed by atoms with Crippen molar-refractivity contribution in [1.82, 2.24) is 0 Å². The first-order chi connectivity index (χ1) is 6.34. The van der Waals surface area contributed by atoms with Crippen molar-refractivity contribution in [2.45, 2.75) is 12.8 Å². The molecule has 0 unspecified atom stereocenters. The normalized spacial score (nSPS) is 15.6. The van der Waals surface area contributed by atoms with E-state index < -0.39 is 0 Å². The van der Waals surface area contributed by atoms with Gasteiger partial charge >= 0.3 is 0 Å². The van der Waals surface area contributed by atoms with E-state index in [1.165, 1.54) is 18.6 Å². The van der Waals surface area contributed by atoms with Crippen molar-refractivity contribution in [2.24, 2.45) is 0 Å². The minimum atomic E-state index is -0.199. The van der Waals surface area contributed by atoms with E-state index >= 15 is 0 Å². The Morgan fingerprint density at radius 2 is 2.00 bits per heavy atom. The van der Waals surface area contributed by atoms with Crippen LogP contribution in [0.4, 0.5) is 10.1 Å². The predicted molar refractivity (Wildman–Crippen MR) is 50.1 cm³/mol. The van der Waals surface area contributed by atoms with Gasteiger partial charge in [0.1, 0.15) is 11.5 Å². The standard InChI is InChI=1S/C10H11FN2/c11-8-3-5-9(6-4-8)13-10-2-1-7-12-10/h3-6H,1-2,7H2,(H,12,13)/p+1. The van der Waals surface area contributed by atoms with Gasteiger partial charge in [-0.25, -0.2) is 9.71 Å². The number of anilines is 1. The lowest BCUT2D eigenvalue weighted by molar-refractivity contribution is -0.447. The molecule has 2 nitrogen and oxygen atoms in total. The van der Waals surface area contributed by atoms with Gasteiger partial charge in [0.25, 0.3) is 0 Å². The summed E-state index contributed by atoms with van der Waals surface area (Å²) in [5.41, 5.74) is 0.936. The fraction of sp³-hybridized carbons (Fsp3) is 0.300. The number of rotatable bonds is 1. The van der Waals surface area contributed by atoms with Crippen LogP contribution in [-0.4, -0.2) is 12.4 Å². The Morgan fingerprint density at radius 3 is 2.62 bits per heavy atom. The molecule has 0 saturated heterocycles. The monoisotopic (exact) mass is 179 g/mol. The van der Waals surface area contributed by atoms with E-state index in [4.69, 9.17) is 0 Å². The Bertz CT molecular complexity index is 316. The fourth-order valence-corrected chi connectivity index (χ4v) is 1.41. The summed E-state index contributed by atoms with van der Waals surface area (Å²) in [4.78, 5) is 3.23. The highest BCUT2D eigenvalue weighted by atomic mass is 19.1. The molecular formula is C10H12FN2+. The molecule has 1 aromatic carbocycles. The highest BCUT2D eigenvalue weighted by Gasteiger charge is 2.12. The smallest absolute Gasteiger partial charge is 0.247 e. The summed E-state index contributed by atoms with van der Waals surface area (Å²) in [5, 5.41) is 3.21. The highest BCUT2D eigenvalue weighted by Crippen LogP contribution is 2.08. The van der Waals surface area contributed by atoms with Crippen LogP contribution in [0.2, 0.25) is 0 Å². The lowest BCUT2D eigenvalue weighted by atomic mass is 10.3. The number of halogens is 1. The molecule has 3 heteroatoms. The molecule has 0 saturated carbocycles. The molecule has 0 radical (unpaired) electrons.